The Hall–Kier alpha value is -2.09. The second-order valence-electron chi connectivity index (χ2n) is 9.44. The third-order valence-electron chi connectivity index (χ3n) is 6.36. The van der Waals surface area contributed by atoms with E-state index in [2.05, 4.69) is 48.2 Å². The number of benzene rings is 2. The van der Waals surface area contributed by atoms with Gasteiger partial charge >= 0.3 is 0 Å². The lowest BCUT2D eigenvalue weighted by Crippen LogP contribution is -2.55. The molecule has 2 N–H and O–H groups in total. The van der Waals surface area contributed by atoms with Crippen LogP contribution < -0.4 is 19.5 Å². The maximum atomic E-state index is 12.0. The van der Waals surface area contributed by atoms with Crippen LogP contribution in [0.4, 0.5) is 0 Å². The van der Waals surface area contributed by atoms with Crippen molar-refractivity contribution in [2.24, 2.45) is 5.92 Å². The Morgan fingerprint density at radius 1 is 1.12 bits per heavy atom. The molecule has 32 heavy (non-hydrogen) atoms. The van der Waals surface area contributed by atoms with Crippen LogP contribution in [0.5, 0.6) is 11.5 Å². The van der Waals surface area contributed by atoms with Crippen molar-refractivity contribution in [3.8, 4) is 11.5 Å². The molecule has 0 bridgehead atoms. The molecule has 2 aromatic carbocycles. The number of hydrogen-bond donors (Lipinski definition) is 2. The SMILES string of the molecule is CN[C@@H]1[C@H](Cc2ccccc2)c2cc(OCCNS(=O)(=O)CC3CC3)ccc2OC1(C)C. The van der Waals surface area contributed by atoms with Crippen molar-refractivity contribution in [1.82, 2.24) is 10.0 Å². The lowest BCUT2D eigenvalue weighted by Gasteiger charge is -2.45. The molecule has 4 rings (SSSR count). The standard InChI is InChI=1S/C25H34N2O4S/c1-25(2)24(26-3)22(15-18-7-5-4-6-8-18)21-16-20(11-12-23(21)31-25)30-14-13-27-32(28,29)17-19-9-10-19/h4-8,11-12,16,19,22,24,26-27H,9-10,13-15,17H2,1-3H3/t22-,24-/m1/s1. The van der Waals surface area contributed by atoms with Gasteiger partial charge in [0.2, 0.25) is 10.0 Å². The van der Waals surface area contributed by atoms with Crippen LogP contribution in [0.15, 0.2) is 48.5 Å². The van der Waals surface area contributed by atoms with E-state index in [0.29, 0.717) is 5.92 Å². The largest absolute Gasteiger partial charge is 0.492 e. The molecule has 0 unspecified atom stereocenters. The summed E-state index contributed by atoms with van der Waals surface area (Å²) in [4.78, 5) is 0. The van der Waals surface area contributed by atoms with Crippen molar-refractivity contribution < 1.29 is 17.9 Å². The van der Waals surface area contributed by atoms with Gasteiger partial charge in [-0.05, 0) is 69.8 Å². The Morgan fingerprint density at radius 3 is 2.56 bits per heavy atom. The smallest absolute Gasteiger partial charge is 0.211 e. The number of nitrogens with one attached hydrogen (secondary N) is 2. The van der Waals surface area contributed by atoms with Crippen LogP contribution in [0.3, 0.4) is 0 Å². The summed E-state index contributed by atoms with van der Waals surface area (Å²) in [7, 11) is -1.23. The molecule has 0 spiro atoms. The molecule has 174 valence electrons. The Labute approximate surface area is 191 Å². The maximum absolute atomic E-state index is 12.0. The van der Waals surface area contributed by atoms with E-state index in [1.165, 1.54) is 5.56 Å². The molecule has 1 aliphatic heterocycles. The zero-order chi connectivity index (χ0) is 22.8. The highest BCUT2D eigenvalue weighted by atomic mass is 32.2. The first kappa shape index (κ1) is 23.1. The monoisotopic (exact) mass is 458 g/mol. The number of likely N-dealkylation sites (N-methyl/N-ethyl adjacent to an activating group) is 1. The first-order valence-corrected chi connectivity index (χ1v) is 13.1. The molecule has 0 radical (unpaired) electrons. The predicted molar refractivity (Wildman–Crippen MR) is 127 cm³/mol. The summed E-state index contributed by atoms with van der Waals surface area (Å²) in [6, 6.07) is 16.5. The molecule has 1 saturated carbocycles. The predicted octanol–water partition coefficient (Wildman–Crippen LogP) is 3.48. The Bertz CT molecular complexity index is 1020. The zero-order valence-electron chi connectivity index (χ0n) is 19.1. The van der Waals surface area contributed by atoms with Crippen molar-refractivity contribution in [3.05, 3.63) is 59.7 Å². The van der Waals surface area contributed by atoms with Gasteiger partial charge in [0.25, 0.3) is 0 Å². The fourth-order valence-electron chi connectivity index (χ4n) is 4.67. The summed E-state index contributed by atoms with van der Waals surface area (Å²) in [6.45, 7) is 4.79. The average Bonchev–Trinajstić information content (AvgIpc) is 3.55. The van der Waals surface area contributed by atoms with Crippen LogP contribution in [0, 0.1) is 5.92 Å². The molecular weight excluding hydrogens is 424 g/mol. The van der Waals surface area contributed by atoms with E-state index in [1.54, 1.807) is 0 Å². The molecule has 1 aliphatic carbocycles. The summed E-state index contributed by atoms with van der Waals surface area (Å²) in [5.41, 5.74) is 2.03. The summed E-state index contributed by atoms with van der Waals surface area (Å²) in [6.07, 6.45) is 2.92. The van der Waals surface area contributed by atoms with Gasteiger partial charge in [-0.25, -0.2) is 13.1 Å². The zero-order valence-corrected chi connectivity index (χ0v) is 20.0. The number of ether oxygens (including phenoxy) is 2. The number of sulfonamides is 1. The van der Waals surface area contributed by atoms with Crippen molar-refractivity contribution in [2.75, 3.05) is 26.0 Å². The summed E-state index contributed by atoms with van der Waals surface area (Å²) in [5, 5.41) is 3.47. The highest BCUT2D eigenvalue weighted by Gasteiger charge is 2.43. The van der Waals surface area contributed by atoms with Gasteiger partial charge < -0.3 is 14.8 Å². The van der Waals surface area contributed by atoms with E-state index in [1.807, 2.05) is 31.3 Å². The maximum Gasteiger partial charge on any atom is 0.211 e. The quantitative estimate of drug-likeness (QED) is 0.533. The third kappa shape index (κ3) is 5.63. The van der Waals surface area contributed by atoms with Gasteiger partial charge in [0.15, 0.2) is 0 Å². The minimum absolute atomic E-state index is 0.125. The van der Waals surface area contributed by atoms with E-state index in [-0.39, 0.29) is 36.5 Å². The van der Waals surface area contributed by atoms with E-state index in [0.717, 1.165) is 36.3 Å². The highest BCUT2D eigenvalue weighted by molar-refractivity contribution is 7.89. The topological polar surface area (TPSA) is 76.7 Å². The minimum atomic E-state index is -3.21. The van der Waals surface area contributed by atoms with E-state index in [9.17, 15) is 8.42 Å². The van der Waals surface area contributed by atoms with Crippen LogP contribution in [-0.2, 0) is 16.4 Å². The summed E-state index contributed by atoms with van der Waals surface area (Å²) in [5.74, 6) is 2.37. The molecule has 1 fully saturated rings. The molecule has 7 heteroatoms. The van der Waals surface area contributed by atoms with Crippen molar-refractivity contribution >= 4 is 10.0 Å². The van der Waals surface area contributed by atoms with Crippen molar-refractivity contribution in [2.45, 2.75) is 50.7 Å². The second kappa shape index (κ2) is 9.41. The van der Waals surface area contributed by atoms with E-state index < -0.39 is 10.0 Å². The number of rotatable bonds is 10. The molecule has 2 atom stereocenters. The van der Waals surface area contributed by atoms with Crippen molar-refractivity contribution in [3.63, 3.8) is 0 Å². The van der Waals surface area contributed by atoms with Gasteiger partial charge in [0.05, 0.1) is 11.8 Å². The fourth-order valence-corrected chi connectivity index (χ4v) is 6.14. The molecule has 2 aliphatic rings. The van der Waals surface area contributed by atoms with Crippen LogP contribution in [-0.4, -0.2) is 46.0 Å². The Kier molecular flexibility index (Phi) is 6.79. The first-order chi connectivity index (χ1) is 15.3. The van der Waals surface area contributed by atoms with Crippen LogP contribution in [0.25, 0.3) is 0 Å². The lowest BCUT2D eigenvalue weighted by atomic mass is 9.76. The van der Waals surface area contributed by atoms with E-state index >= 15 is 0 Å². The Morgan fingerprint density at radius 2 is 1.88 bits per heavy atom. The summed E-state index contributed by atoms with van der Waals surface area (Å²) >= 11 is 0. The van der Waals surface area contributed by atoms with Gasteiger partial charge in [0.1, 0.15) is 23.7 Å². The molecular formula is C25H34N2O4S. The van der Waals surface area contributed by atoms with Crippen LogP contribution >= 0.6 is 0 Å². The molecule has 1 heterocycles. The fraction of sp³-hybridized carbons (Fsp3) is 0.520. The normalized spacial score (nSPS) is 22.1. The van der Waals surface area contributed by atoms with Gasteiger partial charge in [-0.15, -0.1) is 0 Å². The Balaban J connectivity index is 1.47. The summed E-state index contributed by atoms with van der Waals surface area (Å²) < 4.78 is 39.0. The lowest BCUT2D eigenvalue weighted by molar-refractivity contribution is 0.0364. The molecule has 2 aromatic rings. The number of hydrogen-bond acceptors (Lipinski definition) is 5. The van der Waals surface area contributed by atoms with E-state index in [4.69, 9.17) is 9.47 Å². The van der Waals surface area contributed by atoms with Crippen molar-refractivity contribution in [1.29, 1.82) is 0 Å². The minimum Gasteiger partial charge on any atom is -0.492 e. The van der Waals surface area contributed by atoms with Gasteiger partial charge in [-0.1, -0.05) is 30.3 Å². The van der Waals surface area contributed by atoms with Crippen LogP contribution in [0.2, 0.25) is 0 Å². The first-order valence-electron chi connectivity index (χ1n) is 11.4. The van der Waals surface area contributed by atoms with Gasteiger partial charge in [-0.2, -0.15) is 0 Å². The van der Waals surface area contributed by atoms with Gasteiger partial charge in [0, 0.05) is 18.0 Å². The molecule has 0 aromatic heterocycles. The number of fused-ring (bicyclic) bond motifs is 1. The molecule has 0 amide bonds. The molecule has 0 saturated heterocycles. The van der Waals surface area contributed by atoms with Crippen LogP contribution in [0.1, 0.15) is 43.7 Å². The highest BCUT2D eigenvalue weighted by Crippen LogP contribution is 2.44. The third-order valence-corrected chi connectivity index (χ3v) is 7.91. The van der Waals surface area contributed by atoms with Gasteiger partial charge in [-0.3, -0.25) is 0 Å². The molecule has 6 nitrogen and oxygen atoms in total. The second-order valence-corrected chi connectivity index (χ2v) is 11.3. The average molecular weight is 459 g/mol.